The summed E-state index contributed by atoms with van der Waals surface area (Å²) in [5.41, 5.74) is 0.868. The molecule has 3 aliphatic heterocycles. The molecule has 3 aromatic rings. The van der Waals surface area contributed by atoms with Crippen molar-refractivity contribution in [3.05, 3.63) is 64.8 Å². The fourth-order valence-electron chi connectivity index (χ4n) is 5.96. The second-order valence-corrected chi connectivity index (χ2v) is 10.5. The van der Waals surface area contributed by atoms with Crippen molar-refractivity contribution in [1.82, 2.24) is 9.47 Å². The first-order valence-electron chi connectivity index (χ1n) is 13.4. The summed E-state index contributed by atoms with van der Waals surface area (Å²) >= 11 is 0. The minimum atomic E-state index is -0.332. The van der Waals surface area contributed by atoms with Crippen molar-refractivity contribution in [2.75, 3.05) is 44.3 Å². The number of nitrogens with zero attached hydrogens (tertiary/aromatic N) is 3. The van der Waals surface area contributed by atoms with Crippen LogP contribution in [0.5, 0.6) is 5.75 Å². The van der Waals surface area contributed by atoms with Crippen LogP contribution in [0.4, 0.5) is 10.1 Å². The van der Waals surface area contributed by atoms with Crippen LogP contribution < -0.4 is 15.2 Å². The first-order chi connectivity index (χ1) is 18.0. The Kier molecular flexibility index (Phi) is 6.88. The number of halogens is 1. The largest absolute Gasteiger partial charge is 0.491 e. The van der Waals surface area contributed by atoms with Gasteiger partial charge in [-0.15, -0.1) is 0 Å². The fourth-order valence-corrected chi connectivity index (χ4v) is 5.96. The normalized spacial score (nSPS) is 24.7. The molecule has 0 radical (unpaired) electrons. The van der Waals surface area contributed by atoms with Crippen molar-refractivity contribution in [3.8, 4) is 11.4 Å². The molecule has 3 atom stereocenters. The van der Waals surface area contributed by atoms with Crippen molar-refractivity contribution in [3.63, 3.8) is 0 Å². The van der Waals surface area contributed by atoms with E-state index in [1.54, 1.807) is 24.4 Å². The first kappa shape index (κ1) is 24.4. The predicted octanol–water partition coefficient (Wildman–Crippen LogP) is 3.72. The molecule has 3 aliphatic rings. The van der Waals surface area contributed by atoms with Gasteiger partial charge in [0, 0.05) is 49.9 Å². The van der Waals surface area contributed by atoms with Gasteiger partial charge in [-0.1, -0.05) is 0 Å². The first-order valence-corrected chi connectivity index (χ1v) is 13.4. The Labute approximate surface area is 216 Å². The summed E-state index contributed by atoms with van der Waals surface area (Å²) in [6.45, 7) is 4.51. The number of ether oxygens (including phenoxy) is 2. The zero-order valence-electron chi connectivity index (χ0n) is 21.0. The summed E-state index contributed by atoms with van der Waals surface area (Å²) in [6, 6.07) is 12.7. The average molecular weight is 508 g/mol. The van der Waals surface area contributed by atoms with Crippen LogP contribution in [0.25, 0.3) is 16.5 Å². The molecule has 2 aromatic carbocycles. The van der Waals surface area contributed by atoms with Gasteiger partial charge in [0.15, 0.2) is 0 Å². The second kappa shape index (κ2) is 10.4. The van der Waals surface area contributed by atoms with Gasteiger partial charge in [-0.3, -0.25) is 14.3 Å². The van der Waals surface area contributed by atoms with Gasteiger partial charge in [-0.2, -0.15) is 0 Å². The highest BCUT2D eigenvalue weighted by atomic mass is 19.1. The van der Waals surface area contributed by atoms with E-state index >= 15 is 4.39 Å². The van der Waals surface area contributed by atoms with Gasteiger partial charge in [0.25, 0.3) is 5.56 Å². The van der Waals surface area contributed by atoms with Crippen LogP contribution >= 0.6 is 0 Å². The molecule has 1 aromatic heterocycles. The second-order valence-electron chi connectivity index (χ2n) is 10.5. The lowest BCUT2D eigenvalue weighted by molar-refractivity contribution is 0.0513. The minimum Gasteiger partial charge on any atom is -0.491 e. The third-order valence-electron chi connectivity index (χ3n) is 7.99. The van der Waals surface area contributed by atoms with E-state index in [1.807, 2.05) is 18.2 Å². The van der Waals surface area contributed by atoms with Crippen molar-refractivity contribution >= 4 is 16.5 Å². The third-order valence-corrected chi connectivity index (χ3v) is 7.99. The molecule has 2 unspecified atom stereocenters. The Balaban J connectivity index is 1.17. The van der Waals surface area contributed by atoms with E-state index in [-0.39, 0.29) is 23.6 Å². The number of hydrogen-bond acceptors (Lipinski definition) is 6. The Morgan fingerprint density at radius 2 is 1.95 bits per heavy atom. The Morgan fingerprint density at radius 3 is 2.76 bits per heavy atom. The van der Waals surface area contributed by atoms with Crippen molar-refractivity contribution in [2.45, 2.75) is 50.4 Å². The van der Waals surface area contributed by atoms with Crippen LogP contribution in [0.15, 0.2) is 53.5 Å². The van der Waals surface area contributed by atoms with Crippen LogP contribution in [0.3, 0.4) is 0 Å². The van der Waals surface area contributed by atoms with Gasteiger partial charge in [0.05, 0.1) is 23.6 Å². The highest BCUT2D eigenvalue weighted by Crippen LogP contribution is 2.29. The smallest absolute Gasteiger partial charge is 0.262 e. The number of β-amino-alcohol motifs (C(OH)–C–C–N with tert-alkyl or cyclic N) is 1. The minimum absolute atomic E-state index is 0.130. The molecule has 0 spiro atoms. The molecule has 196 valence electrons. The molecule has 4 heterocycles. The summed E-state index contributed by atoms with van der Waals surface area (Å²) < 4.78 is 28.3. The predicted molar refractivity (Wildman–Crippen MR) is 141 cm³/mol. The average Bonchev–Trinajstić information content (AvgIpc) is 3.60. The Bertz CT molecular complexity index is 1320. The maximum atomic E-state index is 15.3. The van der Waals surface area contributed by atoms with E-state index in [2.05, 4.69) is 9.80 Å². The molecular weight excluding hydrogens is 473 g/mol. The highest BCUT2D eigenvalue weighted by Gasteiger charge is 2.31. The monoisotopic (exact) mass is 507 g/mol. The number of pyridine rings is 1. The summed E-state index contributed by atoms with van der Waals surface area (Å²) in [5.74, 6) is 0.375. The van der Waals surface area contributed by atoms with E-state index in [0.717, 1.165) is 63.7 Å². The van der Waals surface area contributed by atoms with E-state index in [4.69, 9.17) is 9.47 Å². The molecule has 0 amide bonds. The van der Waals surface area contributed by atoms with Crippen molar-refractivity contribution in [2.24, 2.45) is 0 Å². The number of anilines is 1. The molecule has 1 N–H and O–H groups in total. The Morgan fingerprint density at radius 1 is 1.03 bits per heavy atom. The maximum absolute atomic E-state index is 15.3. The summed E-state index contributed by atoms with van der Waals surface area (Å²) in [5, 5.41) is 11.4. The van der Waals surface area contributed by atoms with Gasteiger partial charge in [0.2, 0.25) is 0 Å². The van der Waals surface area contributed by atoms with Crippen LogP contribution in [0, 0.1) is 5.82 Å². The van der Waals surface area contributed by atoms with Gasteiger partial charge in [-0.25, -0.2) is 4.39 Å². The number of rotatable bonds is 6. The van der Waals surface area contributed by atoms with E-state index in [0.29, 0.717) is 41.7 Å². The molecule has 0 saturated carbocycles. The van der Waals surface area contributed by atoms with Crippen LogP contribution in [0.1, 0.15) is 32.1 Å². The zero-order valence-corrected chi connectivity index (χ0v) is 21.0. The zero-order chi connectivity index (χ0) is 25.4. The Hall–Kier alpha value is -2.94. The van der Waals surface area contributed by atoms with E-state index < -0.39 is 0 Å². The molecule has 7 nitrogen and oxygen atoms in total. The fraction of sp³-hybridized carbons (Fsp3) is 0.483. The number of aliphatic hydroxyl groups is 1. The maximum Gasteiger partial charge on any atom is 0.262 e. The SMILES string of the molecule is O=c1c2ccc(OC[C@H]3CCCO3)cc2ccn1-c1ccc(N2CCC(N3CCCC(O)C3)C2)c(F)c1. The van der Waals surface area contributed by atoms with Crippen molar-refractivity contribution < 1.29 is 19.0 Å². The third kappa shape index (κ3) is 5.10. The molecule has 3 saturated heterocycles. The van der Waals surface area contributed by atoms with Crippen LogP contribution in [-0.4, -0.2) is 72.2 Å². The summed E-state index contributed by atoms with van der Waals surface area (Å²) in [4.78, 5) is 17.7. The van der Waals surface area contributed by atoms with E-state index in [1.165, 1.54) is 10.6 Å². The standard InChI is InChI=1S/C29H34FN3O4/c30-27-16-21(5-8-28(27)32-12-10-22(17-32)31-11-1-3-23(34)18-31)33-13-9-20-15-24(6-7-26(20)29(33)35)37-19-25-4-2-14-36-25/h5-9,13,15-16,22-23,25,34H,1-4,10-12,14,17-19H2/t22?,23?,25-/m1/s1. The highest BCUT2D eigenvalue weighted by molar-refractivity contribution is 5.83. The molecule has 3 fully saturated rings. The molecule has 0 aliphatic carbocycles. The summed E-state index contributed by atoms with van der Waals surface area (Å²) in [6.07, 6.45) is 6.46. The molecular formula is C29H34FN3O4. The number of hydrogen-bond donors (Lipinski definition) is 1. The van der Waals surface area contributed by atoms with Gasteiger partial charge < -0.3 is 19.5 Å². The number of fused-ring (bicyclic) bond motifs is 1. The lowest BCUT2D eigenvalue weighted by Crippen LogP contribution is -2.45. The van der Waals surface area contributed by atoms with E-state index in [9.17, 15) is 9.90 Å². The van der Waals surface area contributed by atoms with Gasteiger partial charge >= 0.3 is 0 Å². The number of aliphatic hydroxyl groups excluding tert-OH is 1. The number of piperidine rings is 1. The molecule has 8 heteroatoms. The molecule has 37 heavy (non-hydrogen) atoms. The van der Waals surface area contributed by atoms with Crippen LogP contribution in [-0.2, 0) is 4.74 Å². The topological polar surface area (TPSA) is 67.2 Å². The quantitative estimate of drug-likeness (QED) is 0.549. The number of benzene rings is 2. The molecule has 0 bridgehead atoms. The number of aromatic nitrogens is 1. The van der Waals surface area contributed by atoms with Crippen LogP contribution in [0.2, 0.25) is 0 Å². The number of likely N-dealkylation sites (tertiary alicyclic amines) is 1. The van der Waals surface area contributed by atoms with Gasteiger partial charge in [-0.05, 0) is 80.4 Å². The summed E-state index contributed by atoms with van der Waals surface area (Å²) in [7, 11) is 0. The lowest BCUT2D eigenvalue weighted by atomic mass is 10.1. The van der Waals surface area contributed by atoms with Gasteiger partial charge in [0.1, 0.15) is 18.2 Å². The lowest BCUT2D eigenvalue weighted by Gasteiger charge is -2.34. The molecule has 6 rings (SSSR count). The van der Waals surface area contributed by atoms with Crippen molar-refractivity contribution in [1.29, 1.82) is 0 Å².